The second-order valence-corrected chi connectivity index (χ2v) is 7.47. The molecule has 0 bridgehead atoms. The van der Waals surface area contributed by atoms with Crippen LogP contribution in [0.25, 0.3) is 11.8 Å². The zero-order chi connectivity index (χ0) is 23.9. The van der Waals surface area contributed by atoms with Gasteiger partial charge in [-0.05, 0) is 61.9 Å². The van der Waals surface area contributed by atoms with Gasteiger partial charge in [0.1, 0.15) is 0 Å². The molecule has 1 amide bonds. The van der Waals surface area contributed by atoms with Gasteiger partial charge in [0.15, 0.2) is 5.71 Å². The molecule has 4 rings (SSSR count). The van der Waals surface area contributed by atoms with Crippen LogP contribution >= 0.6 is 0 Å². The van der Waals surface area contributed by atoms with Crippen molar-refractivity contribution in [1.29, 1.82) is 0 Å². The maximum atomic E-state index is 13.7. The van der Waals surface area contributed by atoms with Crippen molar-refractivity contribution in [2.75, 3.05) is 5.01 Å². The van der Waals surface area contributed by atoms with E-state index in [0.29, 0.717) is 22.6 Å². The Labute approximate surface area is 186 Å². The number of rotatable bonds is 4. The maximum Gasteiger partial charge on any atom is 0.435 e. The SMILES string of the molecule is Cc1cc(/C=C2\C(=O)N(c3ccccc3)N=C2C(F)(F)F)c(C)n1-c1cccc(C(=O)O)c1. The minimum Gasteiger partial charge on any atom is -0.478 e. The number of aryl methyl sites for hydroxylation is 1. The number of benzene rings is 2. The van der Waals surface area contributed by atoms with E-state index in [-0.39, 0.29) is 11.3 Å². The third kappa shape index (κ3) is 4.05. The molecular weight excluding hydrogens is 435 g/mol. The molecule has 0 unspecified atom stereocenters. The normalized spacial score (nSPS) is 15.3. The van der Waals surface area contributed by atoms with E-state index in [0.717, 1.165) is 5.01 Å². The molecule has 0 atom stereocenters. The Balaban J connectivity index is 1.81. The molecule has 0 fully saturated rings. The predicted molar refractivity (Wildman–Crippen MR) is 118 cm³/mol. The first-order chi connectivity index (χ1) is 15.6. The lowest BCUT2D eigenvalue weighted by molar-refractivity contribution is -0.114. The molecule has 1 aliphatic rings. The van der Waals surface area contributed by atoms with E-state index >= 15 is 0 Å². The standard InChI is InChI=1S/C24H18F3N3O3/c1-14-11-17(15(2)29(14)19-10-6-7-16(12-19)23(32)33)13-20-21(24(25,26)27)28-30(22(20)31)18-8-4-3-5-9-18/h3-13H,1-2H3,(H,32,33)/b20-13-. The number of hydrogen-bond acceptors (Lipinski definition) is 3. The fraction of sp³-hybridized carbons (Fsp3) is 0.125. The molecule has 3 aromatic rings. The van der Waals surface area contributed by atoms with E-state index in [1.807, 2.05) is 0 Å². The van der Waals surface area contributed by atoms with Crippen LogP contribution in [0.5, 0.6) is 0 Å². The van der Waals surface area contributed by atoms with Crippen LogP contribution in [0.1, 0.15) is 27.3 Å². The molecule has 0 aliphatic carbocycles. The molecule has 0 radical (unpaired) electrons. The smallest absolute Gasteiger partial charge is 0.435 e. The highest BCUT2D eigenvalue weighted by Gasteiger charge is 2.46. The van der Waals surface area contributed by atoms with Crippen LogP contribution in [0, 0.1) is 13.8 Å². The minimum absolute atomic E-state index is 0.0795. The van der Waals surface area contributed by atoms with Gasteiger partial charge in [-0.25, -0.2) is 4.79 Å². The Bertz CT molecular complexity index is 1320. The van der Waals surface area contributed by atoms with Gasteiger partial charge in [0, 0.05) is 17.1 Å². The van der Waals surface area contributed by atoms with Crippen molar-refractivity contribution in [3.8, 4) is 5.69 Å². The lowest BCUT2D eigenvalue weighted by Gasteiger charge is -2.11. The maximum absolute atomic E-state index is 13.7. The van der Waals surface area contributed by atoms with Crippen molar-refractivity contribution in [1.82, 2.24) is 4.57 Å². The number of aromatic nitrogens is 1. The second kappa shape index (κ2) is 8.09. The van der Waals surface area contributed by atoms with Crippen molar-refractivity contribution in [2.24, 2.45) is 5.10 Å². The van der Waals surface area contributed by atoms with E-state index in [2.05, 4.69) is 5.10 Å². The summed E-state index contributed by atoms with van der Waals surface area (Å²) < 4.78 is 42.9. The zero-order valence-electron chi connectivity index (χ0n) is 17.6. The number of anilines is 1. The van der Waals surface area contributed by atoms with Crippen molar-refractivity contribution in [3.05, 3.63) is 88.8 Å². The molecule has 168 valence electrons. The summed E-state index contributed by atoms with van der Waals surface area (Å²) in [5.41, 5.74) is 0.624. The largest absolute Gasteiger partial charge is 0.478 e. The molecule has 1 N–H and O–H groups in total. The number of hydrogen-bond donors (Lipinski definition) is 1. The Morgan fingerprint density at radius 1 is 1.00 bits per heavy atom. The summed E-state index contributed by atoms with van der Waals surface area (Å²) in [4.78, 5) is 24.3. The number of nitrogens with zero attached hydrogens (tertiary/aromatic N) is 3. The summed E-state index contributed by atoms with van der Waals surface area (Å²) in [6.45, 7) is 3.43. The molecule has 9 heteroatoms. The highest BCUT2D eigenvalue weighted by molar-refractivity contribution is 6.34. The third-order valence-electron chi connectivity index (χ3n) is 5.27. The summed E-state index contributed by atoms with van der Waals surface area (Å²) in [5.74, 6) is -1.98. The number of carbonyl (C=O) groups excluding carboxylic acids is 1. The summed E-state index contributed by atoms with van der Waals surface area (Å²) in [6, 6.07) is 15.7. The number of carbonyl (C=O) groups is 2. The summed E-state index contributed by atoms with van der Waals surface area (Å²) in [5, 5.41) is 13.6. The molecule has 0 saturated carbocycles. The predicted octanol–water partition coefficient (Wildman–Crippen LogP) is 5.14. The van der Waals surface area contributed by atoms with Crippen LogP contribution < -0.4 is 5.01 Å². The second-order valence-electron chi connectivity index (χ2n) is 7.47. The van der Waals surface area contributed by atoms with E-state index < -0.39 is 29.3 Å². The van der Waals surface area contributed by atoms with Crippen molar-refractivity contribution in [2.45, 2.75) is 20.0 Å². The van der Waals surface area contributed by atoms with Gasteiger partial charge in [-0.2, -0.15) is 23.3 Å². The van der Waals surface area contributed by atoms with Gasteiger partial charge >= 0.3 is 12.1 Å². The zero-order valence-corrected chi connectivity index (χ0v) is 17.6. The molecule has 1 aromatic heterocycles. The van der Waals surface area contributed by atoms with Gasteiger partial charge in [0.05, 0.1) is 16.8 Å². The van der Waals surface area contributed by atoms with Crippen LogP contribution in [0.15, 0.2) is 71.3 Å². The number of halogens is 3. The number of aromatic carboxylic acids is 1. The Morgan fingerprint density at radius 3 is 2.30 bits per heavy atom. The highest BCUT2D eigenvalue weighted by Crippen LogP contribution is 2.33. The number of carboxylic acid groups (broad SMARTS) is 1. The van der Waals surface area contributed by atoms with E-state index in [1.165, 1.54) is 30.3 Å². The monoisotopic (exact) mass is 453 g/mol. The van der Waals surface area contributed by atoms with E-state index in [1.54, 1.807) is 54.8 Å². The number of hydrazone groups is 1. The summed E-state index contributed by atoms with van der Waals surface area (Å²) in [6.07, 6.45) is -3.65. The number of carboxylic acids is 1. The molecule has 6 nitrogen and oxygen atoms in total. The number of para-hydroxylation sites is 1. The average Bonchev–Trinajstić information content (AvgIpc) is 3.25. The topological polar surface area (TPSA) is 74.9 Å². The lowest BCUT2D eigenvalue weighted by Crippen LogP contribution is -2.25. The van der Waals surface area contributed by atoms with Crippen LogP contribution in [-0.4, -0.2) is 33.4 Å². The number of amides is 1. The third-order valence-corrected chi connectivity index (χ3v) is 5.27. The Kier molecular flexibility index (Phi) is 5.41. The van der Waals surface area contributed by atoms with Gasteiger partial charge in [-0.15, -0.1) is 0 Å². The van der Waals surface area contributed by atoms with Gasteiger partial charge in [-0.3, -0.25) is 4.79 Å². The van der Waals surface area contributed by atoms with Gasteiger partial charge in [0.25, 0.3) is 5.91 Å². The molecule has 1 aliphatic heterocycles. The minimum atomic E-state index is -4.83. The van der Waals surface area contributed by atoms with Gasteiger partial charge in [0.2, 0.25) is 0 Å². The quantitative estimate of drug-likeness (QED) is 0.556. The van der Waals surface area contributed by atoms with Gasteiger partial charge < -0.3 is 9.67 Å². The summed E-state index contributed by atoms with van der Waals surface area (Å²) in [7, 11) is 0. The first kappa shape index (κ1) is 22.1. The first-order valence-corrected chi connectivity index (χ1v) is 9.88. The molecule has 0 saturated heterocycles. The highest BCUT2D eigenvalue weighted by atomic mass is 19.4. The fourth-order valence-electron chi connectivity index (χ4n) is 3.76. The van der Waals surface area contributed by atoms with Crippen molar-refractivity contribution in [3.63, 3.8) is 0 Å². The van der Waals surface area contributed by atoms with Gasteiger partial charge in [-0.1, -0.05) is 24.3 Å². The van der Waals surface area contributed by atoms with Crippen LogP contribution in [-0.2, 0) is 4.79 Å². The molecule has 0 spiro atoms. The molecule has 2 aromatic carbocycles. The van der Waals surface area contributed by atoms with E-state index in [4.69, 9.17) is 0 Å². The fourth-order valence-corrected chi connectivity index (χ4v) is 3.76. The molecular formula is C24H18F3N3O3. The van der Waals surface area contributed by atoms with Crippen LogP contribution in [0.3, 0.4) is 0 Å². The number of alkyl halides is 3. The Hall–Kier alpha value is -4.14. The Morgan fingerprint density at radius 2 is 1.67 bits per heavy atom. The molecule has 2 heterocycles. The van der Waals surface area contributed by atoms with Crippen LogP contribution in [0.4, 0.5) is 18.9 Å². The average molecular weight is 453 g/mol. The van der Waals surface area contributed by atoms with Crippen LogP contribution in [0.2, 0.25) is 0 Å². The van der Waals surface area contributed by atoms with Crippen molar-refractivity contribution >= 4 is 29.4 Å². The summed E-state index contributed by atoms with van der Waals surface area (Å²) >= 11 is 0. The first-order valence-electron chi connectivity index (χ1n) is 9.88. The molecule has 33 heavy (non-hydrogen) atoms. The van der Waals surface area contributed by atoms with E-state index in [9.17, 15) is 27.9 Å². The van der Waals surface area contributed by atoms with Crippen molar-refractivity contribution < 1.29 is 27.9 Å². The lowest BCUT2D eigenvalue weighted by atomic mass is 10.1.